The molecule has 0 radical (unpaired) electrons. The second kappa shape index (κ2) is 8.39. The molecule has 2 aromatic carbocycles. The summed E-state index contributed by atoms with van der Waals surface area (Å²) in [7, 11) is 0. The van der Waals surface area contributed by atoms with Crippen LogP contribution >= 0.6 is 11.8 Å². The van der Waals surface area contributed by atoms with Crippen molar-refractivity contribution in [2.75, 3.05) is 0 Å². The summed E-state index contributed by atoms with van der Waals surface area (Å²) < 4.78 is 7.96. The molecule has 7 heteroatoms. The molecule has 0 N–H and O–H groups in total. The molecule has 0 unspecified atom stereocenters. The molecular weight excluding hydrogens is 370 g/mol. The van der Waals surface area contributed by atoms with Crippen LogP contribution in [0.3, 0.4) is 0 Å². The molecule has 0 spiro atoms. The molecule has 6 nitrogen and oxygen atoms in total. The number of aryl methyl sites for hydroxylation is 1. The number of hydrogen-bond acceptors (Lipinski definition) is 6. The highest BCUT2D eigenvalue weighted by molar-refractivity contribution is 7.98. The van der Waals surface area contributed by atoms with Gasteiger partial charge in [0.2, 0.25) is 11.8 Å². The fraction of sp³-hybridized carbons (Fsp3) is 0.238. The van der Waals surface area contributed by atoms with Gasteiger partial charge in [-0.1, -0.05) is 60.6 Å². The van der Waals surface area contributed by atoms with Crippen molar-refractivity contribution in [3.8, 4) is 22.8 Å². The third kappa shape index (κ3) is 3.99. The van der Waals surface area contributed by atoms with E-state index in [2.05, 4.69) is 57.0 Å². The van der Waals surface area contributed by atoms with E-state index in [1.165, 1.54) is 5.56 Å². The summed E-state index contributed by atoms with van der Waals surface area (Å²) in [4.78, 5) is 0. The van der Waals surface area contributed by atoms with Crippen molar-refractivity contribution >= 4 is 11.8 Å². The zero-order valence-electron chi connectivity index (χ0n) is 15.9. The predicted octanol–water partition coefficient (Wildman–Crippen LogP) is 5.01. The first-order chi connectivity index (χ1) is 13.7. The van der Waals surface area contributed by atoms with Crippen molar-refractivity contribution in [3.63, 3.8) is 0 Å². The van der Waals surface area contributed by atoms with Gasteiger partial charge in [0.05, 0.1) is 5.75 Å². The van der Waals surface area contributed by atoms with Crippen molar-refractivity contribution < 1.29 is 4.42 Å². The molecule has 2 aromatic heterocycles. The van der Waals surface area contributed by atoms with E-state index < -0.39 is 0 Å². The second-order valence-electron chi connectivity index (χ2n) is 6.48. The van der Waals surface area contributed by atoms with Crippen molar-refractivity contribution in [3.05, 3.63) is 66.1 Å². The summed E-state index contributed by atoms with van der Waals surface area (Å²) >= 11 is 1.56. The Morgan fingerprint density at radius 2 is 1.75 bits per heavy atom. The molecule has 0 aliphatic carbocycles. The highest BCUT2D eigenvalue weighted by Gasteiger charge is 2.16. The summed E-state index contributed by atoms with van der Waals surface area (Å²) in [6, 6.07) is 18.1. The number of benzene rings is 2. The Bertz CT molecular complexity index is 1060. The van der Waals surface area contributed by atoms with Crippen LogP contribution in [0.5, 0.6) is 0 Å². The Labute approximate surface area is 168 Å². The Hall–Kier alpha value is -2.93. The fourth-order valence-corrected chi connectivity index (χ4v) is 3.76. The first-order valence-electron chi connectivity index (χ1n) is 9.25. The van der Waals surface area contributed by atoms with Gasteiger partial charge in [-0.05, 0) is 31.5 Å². The average Bonchev–Trinajstić information content (AvgIpc) is 3.35. The van der Waals surface area contributed by atoms with Gasteiger partial charge in [0.25, 0.3) is 0 Å². The van der Waals surface area contributed by atoms with Crippen LogP contribution in [0, 0.1) is 6.92 Å². The summed E-state index contributed by atoms with van der Waals surface area (Å²) in [6.45, 7) is 5.09. The van der Waals surface area contributed by atoms with E-state index >= 15 is 0 Å². The van der Waals surface area contributed by atoms with E-state index in [-0.39, 0.29) is 0 Å². The van der Waals surface area contributed by atoms with Gasteiger partial charge >= 0.3 is 0 Å². The molecule has 4 rings (SSSR count). The molecule has 0 fully saturated rings. The van der Waals surface area contributed by atoms with Crippen molar-refractivity contribution in [2.45, 2.75) is 37.7 Å². The van der Waals surface area contributed by atoms with Gasteiger partial charge in [0.1, 0.15) is 0 Å². The number of hydrogen-bond donors (Lipinski definition) is 0. The van der Waals surface area contributed by atoms with Crippen LogP contribution in [0.2, 0.25) is 0 Å². The molecule has 28 heavy (non-hydrogen) atoms. The Balaban J connectivity index is 1.53. The molecule has 2 heterocycles. The van der Waals surface area contributed by atoms with Gasteiger partial charge in [-0.15, -0.1) is 20.4 Å². The number of aromatic nitrogens is 5. The van der Waals surface area contributed by atoms with Gasteiger partial charge in [-0.25, -0.2) is 0 Å². The first-order valence-corrected chi connectivity index (χ1v) is 10.2. The lowest BCUT2D eigenvalue weighted by Gasteiger charge is -2.08. The quantitative estimate of drug-likeness (QED) is 0.413. The first kappa shape index (κ1) is 18.4. The Morgan fingerprint density at radius 3 is 2.54 bits per heavy atom. The van der Waals surface area contributed by atoms with Crippen molar-refractivity contribution in [2.24, 2.45) is 0 Å². The minimum absolute atomic E-state index is 0.534. The molecule has 4 aromatic rings. The molecule has 0 atom stereocenters. The van der Waals surface area contributed by atoms with Crippen LogP contribution in [0.25, 0.3) is 22.8 Å². The molecular formula is C21H21N5OS. The predicted molar refractivity (Wildman–Crippen MR) is 110 cm³/mol. The van der Waals surface area contributed by atoms with E-state index in [9.17, 15) is 0 Å². The third-order valence-corrected chi connectivity index (χ3v) is 5.20. The lowest BCUT2D eigenvalue weighted by molar-refractivity contribution is 0.528. The smallest absolute Gasteiger partial charge is 0.247 e. The lowest BCUT2D eigenvalue weighted by Crippen LogP contribution is -2.02. The normalized spacial score (nSPS) is 11.1. The number of nitrogens with zero attached hydrogens (tertiary/aromatic N) is 5. The highest BCUT2D eigenvalue weighted by atomic mass is 32.2. The fourth-order valence-electron chi connectivity index (χ4n) is 2.95. The third-order valence-electron chi connectivity index (χ3n) is 4.25. The van der Waals surface area contributed by atoms with E-state index in [1.54, 1.807) is 11.8 Å². The highest BCUT2D eigenvalue weighted by Crippen LogP contribution is 2.27. The van der Waals surface area contributed by atoms with Gasteiger partial charge in [0, 0.05) is 17.7 Å². The molecule has 0 bridgehead atoms. The standard InChI is InChI=1S/C21H21N5OS/c1-3-12-26-19(17-11-7-8-15(2)13-17)23-25-21(26)28-14-18-22-24-20(27-18)16-9-5-4-6-10-16/h4-11,13H,3,12,14H2,1-2H3. The minimum Gasteiger partial charge on any atom is -0.420 e. The SMILES string of the molecule is CCCn1c(SCc2nnc(-c3ccccc3)o2)nnc1-c1cccc(C)c1. The maximum atomic E-state index is 5.80. The topological polar surface area (TPSA) is 69.6 Å². The molecule has 0 saturated heterocycles. The van der Waals surface area contributed by atoms with Crippen molar-refractivity contribution in [1.29, 1.82) is 0 Å². The maximum absolute atomic E-state index is 5.80. The van der Waals surface area contributed by atoms with E-state index in [0.717, 1.165) is 35.1 Å². The van der Waals surface area contributed by atoms with Crippen LogP contribution in [-0.4, -0.2) is 25.0 Å². The van der Waals surface area contributed by atoms with E-state index in [0.29, 0.717) is 17.5 Å². The van der Waals surface area contributed by atoms with Crippen molar-refractivity contribution in [1.82, 2.24) is 25.0 Å². The van der Waals surface area contributed by atoms with Crippen LogP contribution in [0.15, 0.2) is 64.2 Å². The van der Waals surface area contributed by atoms with Gasteiger partial charge in [-0.3, -0.25) is 0 Å². The van der Waals surface area contributed by atoms with Crippen LogP contribution in [0.4, 0.5) is 0 Å². The largest absolute Gasteiger partial charge is 0.420 e. The lowest BCUT2D eigenvalue weighted by atomic mass is 10.1. The summed E-state index contributed by atoms with van der Waals surface area (Å²) in [5.74, 6) is 2.55. The zero-order chi connectivity index (χ0) is 19.3. The van der Waals surface area contributed by atoms with Gasteiger partial charge in [0.15, 0.2) is 11.0 Å². The monoisotopic (exact) mass is 391 g/mol. The molecule has 0 saturated carbocycles. The number of rotatable bonds is 7. The minimum atomic E-state index is 0.534. The summed E-state index contributed by atoms with van der Waals surface area (Å²) in [5, 5.41) is 18.0. The Morgan fingerprint density at radius 1 is 0.929 bits per heavy atom. The zero-order valence-corrected chi connectivity index (χ0v) is 16.7. The van der Waals surface area contributed by atoms with Crippen LogP contribution < -0.4 is 0 Å². The van der Waals surface area contributed by atoms with Gasteiger partial charge in [-0.2, -0.15) is 0 Å². The van der Waals surface area contributed by atoms with Crippen LogP contribution in [-0.2, 0) is 12.3 Å². The second-order valence-corrected chi connectivity index (χ2v) is 7.43. The van der Waals surface area contributed by atoms with Crippen LogP contribution in [0.1, 0.15) is 24.8 Å². The maximum Gasteiger partial charge on any atom is 0.247 e. The molecule has 0 aliphatic rings. The summed E-state index contributed by atoms with van der Waals surface area (Å²) in [6.07, 6.45) is 1.00. The average molecular weight is 392 g/mol. The molecule has 0 aliphatic heterocycles. The summed E-state index contributed by atoms with van der Waals surface area (Å²) in [5.41, 5.74) is 3.20. The van der Waals surface area contributed by atoms with Gasteiger partial charge < -0.3 is 8.98 Å². The number of thioether (sulfide) groups is 1. The Kier molecular flexibility index (Phi) is 5.53. The van der Waals surface area contributed by atoms with E-state index in [1.807, 2.05) is 36.4 Å². The molecule has 0 amide bonds. The van der Waals surface area contributed by atoms with E-state index in [4.69, 9.17) is 4.42 Å². The molecule has 142 valence electrons.